The quantitative estimate of drug-likeness (QED) is 0.411. The maximum absolute atomic E-state index is 5.92. The van der Waals surface area contributed by atoms with Gasteiger partial charge in [0.1, 0.15) is 0 Å². The number of nitrogens with zero attached hydrogens (tertiary/aromatic N) is 2. The Morgan fingerprint density at radius 3 is 2.57 bits per heavy atom. The number of benzene rings is 1. The van der Waals surface area contributed by atoms with Crippen molar-refractivity contribution in [2.45, 2.75) is 26.9 Å². The molecule has 3 N–H and O–H groups in total. The molecule has 0 aliphatic carbocycles. The van der Waals surface area contributed by atoms with Crippen molar-refractivity contribution in [3.05, 3.63) is 35.4 Å². The number of morpholine rings is 1. The average Bonchev–Trinajstić information content (AvgIpc) is 2.53. The van der Waals surface area contributed by atoms with E-state index < -0.39 is 0 Å². The standard InChI is InChI=1S/C17H28N4O.HI/c1-14(2)11-19-17(18)20-12-15-5-3-4-6-16(15)13-21-7-9-22-10-8-21;/h3-6,14H,7-13H2,1-2H3,(H3,18,19,20);1H. The second-order valence-electron chi connectivity index (χ2n) is 6.13. The van der Waals surface area contributed by atoms with Crippen LogP contribution < -0.4 is 11.1 Å². The van der Waals surface area contributed by atoms with E-state index in [0.717, 1.165) is 39.4 Å². The number of guanidine groups is 1. The molecule has 6 heteroatoms. The molecule has 1 fully saturated rings. The minimum atomic E-state index is 0. The van der Waals surface area contributed by atoms with Gasteiger partial charge in [-0.3, -0.25) is 4.90 Å². The van der Waals surface area contributed by atoms with Crippen molar-refractivity contribution in [3.8, 4) is 0 Å². The van der Waals surface area contributed by atoms with Gasteiger partial charge in [-0.2, -0.15) is 0 Å². The van der Waals surface area contributed by atoms with Crippen LogP contribution in [0.2, 0.25) is 0 Å². The zero-order valence-electron chi connectivity index (χ0n) is 14.1. The van der Waals surface area contributed by atoms with Crippen LogP contribution in [0.1, 0.15) is 25.0 Å². The summed E-state index contributed by atoms with van der Waals surface area (Å²) in [5.74, 6) is 1.08. The fourth-order valence-corrected chi connectivity index (χ4v) is 2.40. The minimum Gasteiger partial charge on any atom is -0.379 e. The van der Waals surface area contributed by atoms with E-state index >= 15 is 0 Å². The third-order valence-corrected chi connectivity index (χ3v) is 3.73. The van der Waals surface area contributed by atoms with E-state index in [0.29, 0.717) is 18.4 Å². The van der Waals surface area contributed by atoms with Crippen LogP contribution in [0, 0.1) is 5.92 Å². The van der Waals surface area contributed by atoms with E-state index in [9.17, 15) is 0 Å². The van der Waals surface area contributed by atoms with Crippen LogP contribution in [0.4, 0.5) is 0 Å². The van der Waals surface area contributed by atoms with Gasteiger partial charge in [0.25, 0.3) is 0 Å². The Morgan fingerprint density at radius 2 is 1.91 bits per heavy atom. The highest BCUT2D eigenvalue weighted by Gasteiger charge is 2.12. The normalized spacial score (nSPS) is 16.2. The van der Waals surface area contributed by atoms with E-state index in [1.54, 1.807) is 0 Å². The lowest BCUT2D eigenvalue weighted by Gasteiger charge is -2.27. The number of rotatable bonds is 6. The topological polar surface area (TPSA) is 62.9 Å². The Hall–Kier alpha value is -0.860. The highest BCUT2D eigenvalue weighted by Crippen LogP contribution is 2.14. The summed E-state index contributed by atoms with van der Waals surface area (Å²) >= 11 is 0. The lowest BCUT2D eigenvalue weighted by molar-refractivity contribution is 0.0341. The van der Waals surface area contributed by atoms with Gasteiger partial charge in [0.15, 0.2) is 5.96 Å². The summed E-state index contributed by atoms with van der Waals surface area (Å²) in [5, 5.41) is 3.15. The van der Waals surface area contributed by atoms with Gasteiger partial charge in [-0.25, -0.2) is 4.99 Å². The lowest BCUT2D eigenvalue weighted by atomic mass is 10.1. The summed E-state index contributed by atoms with van der Waals surface area (Å²) in [6.07, 6.45) is 0. The first-order chi connectivity index (χ1) is 10.6. The Balaban J connectivity index is 0.00000264. The summed E-state index contributed by atoms with van der Waals surface area (Å²) in [5.41, 5.74) is 8.48. The van der Waals surface area contributed by atoms with Crippen molar-refractivity contribution < 1.29 is 4.74 Å². The number of nitrogens with two attached hydrogens (primary N) is 1. The monoisotopic (exact) mass is 432 g/mol. The maximum atomic E-state index is 5.92. The number of ether oxygens (including phenoxy) is 1. The Kier molecular flexibility index (Phi) is 9.50. The summed E-state index contributed by atoms with van der Waals surface area (Å²) in [4.78, 5) is 6.88. The average molecular weight is 432 g/mol. The Labute approximate surface area is 156 Å². The largest absolute Gasteiger partial charge is 0.379 e. The van der Waals surface area contributed by atoms with Gasteiger partial charge in [-0.15, -0.1) is 24.0 Å². The van der Waals surface area contributed by atoms with Crippen LogP contribution in [0.25, 0.3) is 0 Å². The summed E-state index contributed by atoms with van der Waals surface area (Å²) in [6.45, 7) is 10.4. The van der Waals surface area contributed by atoms with Gasteiger partial charge in [0.2, 0.25) is 0 Å². The zero-order chi connectivity index (χ0) is 15.8. The zero-order valence-corrected chi connectivity index (χ0v) is 16.5. The smallest absolute Gasteiger partial charge is 0.188 e. The van der Waals surface area contributed by atoms with Crippen molar-refractivity contribution in [1.29, 1.82) is 0 Å². The Bertz CT molecular complexity index is 487. The predicted octanol–water partition coefficient (Wildman–Crippen LogP) is 2.20. The molecule has 0 bridgehead atoms. The third-order valence-electron chi connectivity index (χ3n) is 3.73. The van der Waals surface area contributed by atoms with Crippen LogP contribution in [-0.2, 0) is 17.8 Å². The molecular weight excluding hydrogens is 403 g/mol. The molecule has 0 spiro atoms. The molecule has 1 aromatic carbocycles. The van der Waals surface area contributed by atoms with Crippen LogP contribution in [0.5, 0.6) is 0 Å². The number of halogens is 1. The Morgan fingerprint density at radius 1 is 1.26 bits per heavy atom. The van der Waals surface area contributed by atoms with Crippen molar-refractivity contribution in [2.24, 2.45) is 16.6 Å². The summed E-state index contributed by atoms with van der Waals surface area (Å²) in [7, 11) is 0. The van der Waals surface area contributed by atoms with Gasteiger partial charge in [-0.05, 0) is 17.0 Å². The molecule has 23 heavy (non-hydrogen) atoms. The number of aliphatic imine (C=N–C) groups is 1. The number of hydrogen-bond donors (Lipinski definition) is 2. The van der Waals surface area contributed by atoms with Gasteiger partial charge in [0, 0.05) is 26.2 Å². The van der Waals surface area contributed by atoms with Crippen molar-refractivity contribution in [3.63, 3.8) is 0 Å². The summed E-state index contributed by atoms with van der Waals surface area (Å²) in [6, 6.07) is 8.46. The van der Waals surface area contributed by atoms with E-state index in [-0.39, 0.29) is 24.0 Å². The van der Waals surface area contributed by atoms with Gasteiger partial charge in [0.05, 0.1) is 19.8 Å². The first-order valence-electron chi connectivity index (χ1n) is 8.06. The molecule has 0 aromatic heterocycles. The molecule has 1 aromatic rings. The molecule has 2 rings (SSSR count). The molecule has 130 valence electrons. The second-order valence-corrected chi connectivity index (χ2v) is 6.13. The second kappa shape index (κ2) is 10.8. The minimum absolute atomic E-state index is 0. The van der Waals surface area contributed by atoms with E-state index in [4.69, 9.17) is 10.5 Å². The molecule has 0 atom stereocenters. The van der Waals surface area contributed by atoms with Gasteiger partial charge >= 0.3 is 0 Å². The molecule has 1 heterocycles. The van der Waals surface area contributed by atoms with Crippen molar-refractivity contribution >= 4 is 29.9 Å². The number of hydrogen-bond acceptors (Lipinski definition) is 3. The predicted molar refractivity (Wildman–Crippen MR) is 106 cm³/mol. The highest BCUT2D eigenvalue weighted by molar-refractivity contribution is 14.0. The van der Waals surface area contributed by atoms with Crippen LogP contribution in [-0.4, -0.2) is 43.7 Å². The molecule has 0 unspecified atom stereocenters. The molecule has 0 amide bonds. The first-order valence-corrected chi connectivity index (χ1v) is 8.06. The van der Waals surface area contributed by atoms with Crippen molar-refractivity contribution in [1.82, 2.24) is 10.2 Å². The molecule has 0 saturated carbocycles. The molecule has 1 saturated heterocycles. The fraction of sp³-hybridized carbons (Fsp3) is 0.588. The van der Waals surface area contributed by atoms with E-state index in [1.807, 2.05) is 0 Å². The maximum Gasteiger partial charge on any atom is 0.188 e. The first kappa shape index (κ1) is 20.2. The van der Waals surface area contributed by atoms with E-state index in [1.165, 1.54) is 11.1 Å². The van der Waals surface area contributed by atoms with Gasteiger partial charge in [-0.1, -0.05) is 38.1 Å². The van der Waals surface area contributed by atoms with Crippen molar-refractivity contribution in [2.75, 3.05) is 32.8 Å². The molecule has 5 nitrogen and oxygen atoms in total. The molecule has 0 radical (unpaired) electrons. The summed E-state index contributed by atoms with van der Waals surface area (Å²) < 4.78 is 5.40. The third kappa shape index (κ3) is 7.50. The van der Waals surface area contributed by atoms with Crippen LogP contribution in [0.3, 0.4) is 0 Å². The molecule has 1 aliphatic rings. The lowest BCUT2D eigenvalue weighted by Crippen LogP contribution is -2.36. The van der Waals surface area contributed by atoms with Crippen LogP contribution >= 0.6 is 24.0 Å². The van der Waals surface area contributed by atoms with Crippen LogP contribution in [0.15, 0.2) is 29.3 Å². The molecular formula is C17H29IN4O. The fourth-order valence-electron chi connectivity index (χ4n) is 2.40. The number of nitrogens with one attached hydrogen (secondary N) is 1. The molecule has 1 aliphatic heterocycles. The van der Waals surface area contributed by atoms with E-state index in [2.05, 4.69) is 53.3 Å². The SMILES string of the molecule is CC(C)CNC(N)=NCc1ccccc1CN1CCOCC1.I. The highest BCUT2D eigenvalue weighted by atomic mass is 127. The van der Waals surface area contributed by atoms with Gasteiger partial charge < -0.3 is 15.8 Å².